The Hall–Kier alpha value is -2.09. The van der Waals surface area contributed by atoms with Gasteiger partial charge in [-0.2, -0.15) is 0 Å². The molecule has 0 bridgehead atoms. The van der Waals surface area contributed by atoms with Crippen molar-refractivity contribution >= 4 is 5.97 Å². The van der Waals surface area contributed by atoms with Crippen LogP contribution in [0.3, 0.4) is 0 Å². The number of ether oxygens (including phenoxy) is 1. The maximum atomic E-state index is 11.8. The SMILES string of the molecule is CCc1cccc(CC(=O)OCc2ccccc2)c1. The van der Waals surface area contributed by atoms with E-state index >= 15 is 0 Å². The minimum atomic E-state index is -0.183. The first-order chi connectivity index (χ1) is 9.28. The molecule has 2 rings (SSSR count). The molecule has 2 heteroatoms. The van der Waals surface area contributed by atoms with E-state index in [9.17, 15) is 4.79 Å². The van der Waals surface area contributed by atoms with Gasteiger partial charge in [0.05, 0.1) is 6.42 Å². The largest absolute Gasteiger partial charge is 0.461 e. The Bertz CT molecular complexity index is 532. The van der Waals surface area contributed by atoms with Crippen LogP contribution in [-0.4, -0.2) is 5.97 Å². The summed E-state index contributed by atoms with van der Waals surface area (Å²) in [5, 5.41) is 0. The van der Waals surface area contributed by atoms with Crippen LogP contribution in [0.1, 0.15) is 23.6 Å². The number of carbonyl (C=O) groups excluding carboxylic acids is 1. The van der Waals surface area contributed by atoms with Crippen molar-refractivity contribution in [3.05, 3.63) is 71.3 Å². The third-order valence-corrected chi connectivity index (χ3v) is 2.99. The van der Waals surface area contributed by atoms with Crippen molar-refractivity contribution in [3.8, 4) is 0 Å². The average Bonchev–Trinajstić information content (AvgIpc) is 2.46. The van der Waals surface area contributed by atoms with Gasteiger partial charge in [-0.25, -0.2) is 0 Å². The molecule has 0 unspecified atom stereocenters. The maximum Gasteiger partial charge on any atom is 0.310 e. The molecule has 0 saturated heterocycles. The Balaban J connectivity index is 1.87. The summed E-state index contributed by atoms with van der Waals surface area (Å²) in [6.45, 7) is 2.44. The average molecular weight is 254 g/mol. The van der Waals surface area contributed by atoms with Crippen molar-refractivity contribution < 1.29 is 9.53 Å². The zero-order chi connectivity index (χ0) is 13.5. The van der Waals surface area contributed by atoms with E-state index in [0.29, 0.717) is 13.0 Å². The van der Waals surface area contributed by atoms with E-state index < -0.39 is 0 Å². The van der Waals surface area contributed by atoms with Crippen molar-refractivity contribution in [2.75, 3.05) is 0 Å². The summed E-state index contributed by atoms with van der Waals surface area (Å²) in [5.41, 5.74) is 3.27. The Kier molecular flexibility index (Phi) is 4.73. The van der Waals surface area contributed by atoms with E-state index in [2.05, 4.69) is 19.1 Å². The van der Waals surface area contributed by atoms with Crippen molar-refractivity contribution in [3.63, 3.8) is 0 Å². The molecule has 98 valence electrons. The molecule has 2 aromatic rings. The standard InChI is InChI=1S/C17H18O2/c1-2-14-9-6-10-16(11-14)12-17(18)19-13-15-7-4-3-5-8-15/h3-11H,2,12-13H2,1H3. The highest BCUT2D eigenvalue weighted by molar-refractivity contribution is 5.72. The predicted molar refractivity (Wildman–Crippen MR) is 75.8 cm³/mol. The van der Waals surface area contributed by atoms with Crippen LogP contribution in [0.2, 0.25) is 0 Å². The van der Waals surface area contributed by atoms with Gasteiger partial charge in [-0.15, -0.1) is 0 Å². The van der Waals surface area contributed by atoms with Gasteiger partial charge in [-0.1, -0.05) is 61.5 Å². The summed E-state index contributed by atoms with van der Waals surface area (Å²) in [6.07, 6.45) is 1.31. The zero-order valence-corrected chi connectivity index (χ0v) is 11.1. The lowest BCUT2D eigenvalue weighted by Crippen LogP contribution is -2.08. The Morgan fingerprint density at radius 3 is 2.37 bits per heavy atom. The monoisotopic (exact) mass is 254 g/mol. The molecule has 0 heterocycles. The molecule has 0 fully saturated rings. The third kappa shape index (κ3) is 4.25. The van der Waals surface area contributed by atoms with Gasteiger partial charge in [-0.05, 0) is 23.1 Å². The molecule has 0 aliphatic rings. The van der Waals surface area contributed by atoms with Crippen molar-refractivity contribution in [1.29, 1.82) is 0 Å². The maximum absolute atomic E-state index is 11.8. The first-order valence-electron chi connectivity index (χ1n) is 6.55. The van der Waals surface area contributed by atoms with Gasteiger partial charge in [0.15, 0.2) is 0 Å². The molecule has 2 aromatic carbocycles. The zero-order valence-electron chi connectivity index (χ0n) is 11.1. The molecule has 0 saturated carbocycles. The topological polar surface area (TPSA) is 26.3 Å². The Morgan fingerprint density at radius 2 is 1.63 bits per heavy atom. The van der Waals surface area contributed by atoms with Crippen molar-refractivity contribution in [2.24, 2.45) is 0 Å². The molecule has 0 amide bonds. The van der Waals surface area contributed by atoms with Gasteiger partial charge in [0.2, 0.25) is 0 Å². The number of hydrogen-bond acceptors (Lipinski definition) is 2. The summed E-state index contributed by atoms with van der Waals surface area (Å²) < 4.78 is 5.27. The summed E-state index contributed by atoms with van der Waals surface area (Å²) in [4.78, 5) is 11.8. The predicted octanol–water partition coefficient (Wildman–Crippen LogP) is 3.53. The van der Waals surface area contributed by atoms with Crippen LogP contribution in [0.4, 0.5) is 0 Å². The molecule has 0 N–H and O–H groups in total. The first-order valence-corrected chi connectivity index (χ1v) is 6.55. The van der Waals surface area contributed by atoms with E-state index in [0.717, 1.165) is 17.5 Å². The van der Waals surface area contributed by atoms with Gasteiger partial charge in [0.25, 0.3) is 0 Å². The number of hydrogen-bond donors (Lipinski definition) is 0. The minimum absolute atomic E-state index is 0.183. The lowest BCUT2D eigenvalue weighted by Gasteiger charge is -2.06. The van der Waals surface area contributed by atoms with E-state index in [1.165, 1.54) is 5.56 Å². The molecule has 0 aliphatic carbocycles. The highest BCUT2D eigenvalue weighted by Gasteiger charge is 2.05. The Labute approximate surface area is 114 Å². The second-order valence-corrected chi connectivity index (χ2v) is 4.50. The van der Waals surface area contributed by atoms with Gasteiger partial charge in [-0.3, -0.25) is 4.79 Å². The van der Waals surface area contributed by atoms with Crippen LogP contribution >= 0.6 is 0 Å². The molecule has 0 spiro atoms. The number of benzene rings is 2. The molecular weight excluding hydrogens is 236 g/mol. The summed E-state index contributed by atoms with van der Waals surface area (Å²) in [5.74, 6) is -0.183. The number of rotatable bonds is 5. The highest BCUT2D eigenvalue weighted by Crippen LogP contribution is 2.08. The van der Waals surface area contributed by atoms with Crippen LogP contribution in [0.25, 0.3) is 0 Å². The minimum Gasteiger partial charge on any atom is -0.461 e. The normalized spacial score (nSPS) is 10.2. The second-order valence-electron chi connectivity index (χ2n) is 4.50. The molecule has 19 heavy (non-hydrogen) atoms. The van der Waals surface area contributed by atoms with Gasteiger partial charge < -0.3 is 4.74 Å². The fourth-order valence-electron chi connectivity index (χ4n) is 1.92. The molecular formula is C17H18O2. The lowest BCUT2D eigenvalue weighted by atomic mass is 10.1. The molecule has 0 aromatic heterocycles. The first kappa shape index (κ1) is 13.3. The molecule has 0 radical (unpaired) electrons. The van der Waals surface area contributed by atoms with E-state index in [1.54, 1.807) is 0 Å². The van der Waals surface area contributed by atoms with E-state index in [4.69, 9.17) is 4.74 Å². The number of carbonyl (C=O) groups is 1. The fraction of sp³-hybridized carbons (Fsp3) is 0.235. The Morgan fingerprint density at radius 1 is 0.947 bits per heavy atom. The lowest BCUT2D eigenvalue weighted by molar-refractivity contribution is -0.144. The van der Waals surface area contributed by atoms with E-state index in [1.807, 2.05) is 42.5 Å². The highest BCUT2D eigenvalue weighted by atomic mass is 16.5. The molecule has 0 aliphatic heterocycles. The van der Waals surface area contributed by atoms with Gasteiger partial charge in [0.1, 0.15) is 6.61 Å². The van der Waals surface area contributed by atoms with Crippen molar-refractivity contribution in [2.45, 2.75) is 26.4 Å². The summed E-state index contributed by atoms with van der Waals surface area (Å²) in [6, 6.07) is 17.8. The van der Waals surface area contributed by atoms with Crippen LogP contribution in [0.5, 0.6) is 0 Å². The number of esters is 1. The summed E-state index contributed by atoms with van der Waals surface area (Å²) >= 11 is 0. The van der Waals surface area contributed by atoms with E-state index in [-0.39, 0.29) is 5.97 Å². The van der Waals surface area contributed by atoms with Crippen LogP contribution in [0.15, 0.2) is 54.6 Å². The van der Waals surface area contributed by atoms with Crippen molar-refractivity contribution in [1.82, 2.24) is 0 Å². The van der Waals surface area contributed by atoms with Crippen LogP contribution in [0, 0.1) is 0 Å². The summed E-state index contributed by atoms with van der Waals surface area (Å²) in [7, 11) is 0. The quantitative estimate of drug-likeness (QED) is 0.763. The molecule has 2 nitrogen and oxygen atoms in total. The smallest absolute Gasteiger partial charge is 0.310 e. The van der Waals surface area contributed by atoms with Crippen LogP contribution in [-0.2, 0) is 29.0 Å². The second kappa shape index (κ2) is 6.74. The van der Waals surface area contributed by atoms with Gasteiger partial charge in [0, 0.05) is 0 Å². The third-order valence-electron chi connectivity index (χ3n) is 2.99. The molecule has 0 atom stereocenters. The number of aryl methyl sites for hydroxylation is 1. The fourth-order valence-corrected chi connectivity index (χ4v) is 1.92. The van der Waals surface area contributed by atoms with Gasteiger partial charge >= 0.3 is 5.97 Å². The van der Waals surface area contributed by atoms with Crippen LogP contribution < -0.4 is 0 Å².